The summed E-state index contributed by atoms with van der Waals surface area (Å²) in [5.41, 5.74) is 5.60. The molecule has 1 rings (SSSR count). The van der Waals surface area contributed by atoms with Crippen LogP contribution in [0.3, 0.4) is 0 Å². The van der Waals surface area contributed by atoms with Crippen LogP contribution in [0.15, 0.2) is 0 Å². The van der Waals surface area contributed by atoms with Crippen molar-refractivity contribution < 1.29 is 9.53 Å². The maximum Gasteiger partial charge on any atom is 0.224 e. The van der Waals surface area contributed by atoms with E-state index in [4.69, 9.17) is 10.5 Å². The number of ether oxygens (including phenoxy) is 1. The minimum Gasteiger partial charge on any atom is -0.379 e. The van der Waals surface area contributed by atoms with Crippen molar-refractivity contribution in [2.24, 2.45) is 17.6 Å². The lowest BCUT2D eigenvalue weighted by molar-refractivity contribution is -0.126. The Morgan fingerprint density at radius 2 is 2.06 bits per heavy atom. The second-order valence-corrected chi connectivity index (χ2v) is 4.83. The van der Waals surface area contributed by atoms with Crippen LogP contribution in [-0.2, 0) is 9.53 Å². The van der Waals surface area contributed by atoms with Crippen molar-refractivity contribution in [3.05, 3.63) is 0 Å². The highest BCUT2D eigenvalue weighted by atomic mass is 16.5. The van der Waals surface area contributed by atoms with Crippen LogP contribution in [-0.4, -0.2) is 56.7 Å². The molecular weight excluding hydrogens is 218 g/mol. The Labute approximate surface area is 104 Å². The number of hydrogen-bond acceptors (Lipinski definition) is 4. The van der Waals surface area contributed by atoms with Crippen molar-refractivity contribution in [3.63, 3.8) is 0 Å². The van der Waals surface area contributed by atoms with Gasteiger partial charge in [0.1, 0.15) is 0 Å². The molecular formula is C12H25N3O2. The first-order valence-corrected chi connectivity index (χ1v) is 6.43. The van der Waals surface area contributed by atoms with E-state index in [1.54, 1.807) is 0 Å². The van der Waals surface area contributed by atoms with Gasteiger partial charge in [-0.05, 0) is 5.92 Å². The normalized spacial score (nSPS) is 19.3. The Balaban J connectivity index is 2.18. The molecule has 17 heavy (non-hydrogen) atoms. The zero-order valence-electron chi connectivity index (χ0n) is 10.9. The first-order valence-electron chi connectivity index (χ1n) is 6.43. The highest BCUT2D eigenvalue weighted by molar-refractivity contribution is 5.79. The van der Waals surface area contributed by atoms with Gasteiger partial charge in [-0.3, -0.25) is 9.69 Å². The molecule has 0 aromatic carbocycles. The van der Waals surface area contributed by atoms with E-state index in [2.05, 4.69) is 10.2 Å². The zero-order valence-corrected chi connectivity index (χ0v) is 10.9. The lowest BCUT2D eigenvalue weighted by Crippen LogP contribution is -2.44. The molecule has 0 bridgehead atoms. The fourth-order valence-electron chi connectivity index (χ4n) is 1.98. The van der Waals surface area contributed by atoms with Crippen molar-refractivity contribution >= 4 is 5.91 Å². The molecule has 3 N–H and O–H groups in total. The van der Waals surface area contributed by atoms with Crippen molar-refractivity contribution in [1.82, 2.24) is 10.2 Å². The molecule has 0 aromatic heterocycles. The number of nitrogens with one attached hydrogen (secondary N) is 1. The van der Waals surface area contributed by atoms with E-state index in [-0.39, 0.29) is 11.8 Å². The Bertz CT molecular complexity index is 228. The minimum absolute atomic E-state index is 0.0697. The third kappa shape index (κ3) is 5.02. The molecule has 1 saturated heterocycles. The second-order valence-electron chi connectivity index (χ2n) is 4.83. The summed E-state index contributed by atoms with van der Waals surface area (Å²) < 4.78 is 5.27. The smallest absolute Gasteiger partial charge is 0.224 e. The number of carbonyl (C=O) groups is 1. The van der Waals surface area contributed by atoms with Gasteiger partial charge in [0, 0.05) is 32.7 Å². The Morgan fingerprint density at radius 3 is 2.59 bits per heavy atom. The van der Waals surface area contributed by atoms with E-state index in [1.807, 2.05) is 13.8 Å². The third-order valence-electron chi connectivity index (χ3n) is 3.23. The van der Waals surface area contributed by atoms with Crippen LogP contribution in [0.5, 0.6) is 0 Å². The van der Waals surface area contributed by atoms with E-state index in [0.717, 1.165) is 32.8 Å². The number of carbonyl (C=O) groups excluding carboxylic acids is 1. The maximum atomic E-state index is 11.8. The molecule has 1 amide bonds. The average molecular weight is 243 g/mol. The van der Waals surface area contributed by atoms with Gasteiger partial charge in [0.25, 0.3) is 0 Å². The van der Waals surface area contributed by atoms with Crippen LogP contribution in [0.4, 0.5) is 0 Å². The maximum absolute atomic E-state index is 11.8. The molecule has 5 heteroatoms. The molecule has 5 nitrogen and oxygen atoms in total. The molecule has 1 aliphatic heterocycles. The Kier molecular flexibility index (Phi) is 6.47. The SMILES string of the molecule is CC(C)C(CN)C(=O)NCCN1CCOCC1. The molecule has 0 saturated carbocycles. The minimum atomic E-state index is -0.0697. The second kappa shape index (κ2) is 7.63. The van der Waals surface area contributed by atoms with Crippen LogP contribution < -0.4 is 11.1 Å². The average Bonchev–Trinajstić information content (AvgIpc) is 2.30. The zero-order chi connectivity index (χ0) is 12.7. The summed E-state index contributed by atoms with van der Waals surface area (Å²) in [7, 11) is 0. The van der Waals surface area contributed by atoms with Crippen molar-refractivity contribution in [1.29, 1.82) is 0 Å². The molecule has 1 fully saturated rings. The van der Waals surface area contributed by atoms with E-state index in [9.17, 15) is 4.79 Å². The van der Waals surface area contributed by atoms with Gasteiger partial charge in [0.05, 0.1) is 19.1 Å². The molecule has 0 aromatic rings. The predicted molar refractivity (Wildman–Crippen MR) is 67.7 cm³/mol. The van der Waals surface area contributed by atoms with Crippen LogP contribution in [0.25, 0.3) is 0 Å². The monoisotopic (exact) mass is 243 g/mol. The summed E-state index contributed by atoms with van der Waals surface area (Å²) in [6.07, 6.45) is 0. The summed E-state index contributed by atoms with van der Waals surface area (Å²) in [4.78, 5) is 14.1. The van der Waals surface area contributed by atoms with Gasteiger partial charge in [0.2, 0.25) is 5.91 Å². The lowest BCUT2D eigenvalue weighted by atomic mass is 9.95. The van der Waals surface area contributed by atoms with Gasteiger partial charge in [-0.25, -0.2) is 0 Å². The number of amides is 1. The summed E-state index contributed by atoms with van der Waals surface area (Å²) in [6.45, 7) is 9.57. The number of morpholine rings is 1. The molecule has 1 aliphatic rings. The van der Waals surface area contributed by atoms with Crippen molar-refractivity contribution in [2.45, 2.75) is 13.8 Å². The van der Waals surface area contributed by atoms with Crippen molar-refractivity contribution in [2.75, 3.05) is 45.9 Å². The largest absolute Gasteiger partial charge is 0.379 e. The van der Waals surface area contributed by atoms with Gasteiger partial charge in [-0.1, -0.05) is 13.8 Å². The van der Waals surface area contributed by atoms with E-state index < -0.39 is 0 Å². The van der Waals surface area contributed by atoms with Crippen LogP contribution in [0.1, 0.15) is 13.8 Å². The molecule has 1 unspecified atom stereocenters. The number of rotatable bonds is 6. The quantitative estimate of drug-likeness (QED) is 0.670. The molecule has 0 radical (unpaired) electrons. The molecule has 100 valence electrons. The number of nitrogens with zero attached hydrogens (tertiary/aromatic N) is 1. The molecule has 1 heterocycles. The van der Waals surface area contributed by atoms with Crippen LogP contribution >= 0.6 is 0 Å². The summed E-state index contributed by atoms with van der Waals surface area (Å²) in [6, 6.07) is 0. The lowest BCUT2D eigenvalue weighted by Gasteiger charge is -2.27. The number of nitrogens with two attached hydrogens (primary N) is 1. The van der Waals surface area contributed by atoms with Gasteiger partial charge in [0.15, 0.2) is 0 Å². The van der Waals surface area contributed by atoms with Gasteiger partial charge >= 0.3 is 0 Å². The molecule has 0 aliphatic carbocycles. The first kappa shape index (κ1) is 14.4. The predicted octanol–water partition coefficient (Wildman–Crippen LogP) is -0.334. The van der Waals surface area contributed by atoms with Crippen LogP contribution in [0.2, 0.25) is 0 Å². The van der Waals surface area contributed by atoms with E-state index in [0.29, 0.717) is 19.0 Å². The van der Waals surface area contributed by atoms with Gasteiger partial charge in [-0.2, -0.15) is 0 Å². The van der Waals surface area contributed by atoms with Crippen molar-refractivity contribution in [3.8, 4) is 0 Å². The summed E-state index contributed by atoms with van der Waals surface area (Å²) in [5.74, 6) is 0.304. The fourth-order valence-corrected chi connectivity index (χ4v) is 1.98. The third-order valence-corrected chi connectivity index (χ3v) is 3.23. The van der Waals surface area contributed by atoms with E-state index in [1.165, 1.54) is 0 Å². The number of hydrogen-bond donors (Lipinski definition) is 2. The standard InChI is InChI=1S/C12H25N3O2/c1-10(2)11(9-13)12(16)14-3-4-15-5-7-17-8-6-15/h10-11H,3-9,13H2,1-2H3,(H,14,16). The van der Waals surface area contributed by atoms with Gasteiger partial charge < -0.3 is 15.8 Å². The van der Waals surface area contributed by atoms with Gasteiger partial charge in [-0.15, -0.1) is 0 Å². The van der Waals surface area contributed by atoms with E-state index >= 15 is 0 Å². The fraction of sp³-hybridized carbons (Fsp3) is 0.917. The first-order chi connectivity index (χ1) is 8.15. The van der Waals surface area contributed by atoms with Crippen LogP contribution in [0, 0.1) is 11.8 Å². The Hall–Kier alpha value is -0.650. The summed E-state index contributed by atoms with van der Waals surface area (Å²) in [5, 5.41) is 2.96. The highest BCUT2D eigenvalue weighted by Crippen LogP contribution is 2.08. The topological polar surface area (TPSA) is 67.6 Å². The molecule has 1 atom stereocenters. The molecule has 0 spiro atoms. The highest BCUT2D eigenvalue weighted by Gasteiger charge is 2.20. The Morgan fingerprint density at radius 1 is 1.41 bits per heavy atom. The summed E-state index contributed by atoms with van der Waals surface area (Å²) >= 11 is 0.